The highest BCUT2D eigenvalue weighted by atomic mass is 32.1. The molecule has 7 aromatic heterocycles. The number of nitrogens with zero attached hydrogens (tertiary/aromatic N) is 11. The average molecular weight is 1960 g/mol. The molecule has 730 valence electrons. The van der Waals surface area contributed by atoms with Crippen LogP contribution in [0.4, 0.5) is 0 Å². The molecule has 15 saturated heterocycles. The summed E-state index contributed by atoms with van der Waals surface area (Å²) in [6, 6.07) is 73.3. The third-order valence-electron chi connectivity index (χ3n) is 31.7. The van der Waals surface area contributed by atoms with E-state index >= 15 is 0 Å². The molecule has 16 aliphatic rings. The van der Waals surface area contributed by atoms with Crippen LogP contribution in [0.2, 0.25) is 0 Å². The normalized spacial score (nSPS) is 26.6. The van der Waals surface area contributed by atoms with Crippen LogP contribution in [0.25, 0.3) is 43.6 Å². The smallest absolute Gasteiger partial charge is 0.141 e. The molecule has 0 spiro atoms. The molecule has 6 unspecified atom stereocenters. The minimum atomic E-state index is -0.939. The van der Waals surface area contributed by atoms with Crippen molar-refractivity contribution in [1.29, 1.82) is 0 Å². The lowest BCUT2D eigenvalue weighted by Crippen LogP contribution is -2.58. The van der Waals surface area contributed by atoms with Gasteiger partial charge in [0.05, 0.1) is 60.8 Å². The number of pyridine rings is 2. The van der Waals surface area contributed by atoms with Crippen molar-refractivity contribution in [3.8, 4) is 81.0 Å². The Morgan fingerprint density at radius 1 is 0.375 bits per heavy atom. The molecule has 6 N–H and O–H groups in total. The molecule has 10 bridgehead atoms. The number of aryl methyl sites for hydroxylation is 1. The lowest BCUT2D eigenvalue weighted by Gasteiger charge is -2.47. The van der Waals surface area contributed by atoms with Crippen LogP contribution in [0.1, 0.15) is 168 Å². The van der Waals surface area contributed by atoms with Gasteiger partial charge in [0.2, 0.25) is 0 Å². The fraction of sp³-hybridized carbons (Fsp3) is 0.371. The van der Waals surface area contributed by atoms with Crippen LogP contribution in [0.5, 0.6) is 0 Å². The molecule has 14 aromatic rings. The van der Waals surface area contributed by atoms with E-state index in [-0.39, 0.29) is 24.4 Å². The Labute approximate surface area is 859 Å². The van der Waals surface area contributed by atoms with Crippen molar-refractivity contribution in [1.82, 2.24) is 54.4 Å². The van der Waals surface area contributed by atoms with E-state index in [1.54, 1.807) is 71.2 Å². The van der Waals surface area contributed by atoms with Crippen LogP contribution in [-0.2, 0) is 44.9 Å². The zero-order valence-corrected chi connectivity index (χ0v) is 84.5. The van der Waals surface area contributed by atoms with Gasteiger partial charge >= 0.3 is 0 Å². The molecule has 7 aromatic carbocycles. The van der Waals surface area contributed by atoms with Gasteiger partial charge in [-0.1, -0.05) is 235 Å². The van der Waals surface area contributed by atoms with E-state index < -0.39 is 28.0 Å². The molecule has 144 heavy (non-hydrogen) atoms. The van der Waals surface area contributed by atoms with E-state index in [1.807, 2.05) is 42.5 Å². The zero-order chi connectivity index (χ0) is 98.0. The molecule has 0 radical (unpaired) electrons. The number of piperidine rings is 15. The van der Waals surface area contributed by atoms with Crippen molar-refractivity contribution < 1.29 is 30.6 Å². The monoisotopic (exact) mass is 1960 g/mol. The molecule has 0 amide bonds. The Bertz CT molecular complexity index is 7180. The summed E-state index contributed by atoms with van der Waals surface area (Å²) in [6.07, 6.45) is 27.9. The number of hydrogen-bond acceptors (Lipinski definition) is 20. The lowest BCUT2D eigenvalue weighted by molar-refractivity contribution is -0.0714. The van der Waals surface area contributed by atoms with E-state index in [0.717, 1.165) is 256 Å². The number of thiophene rings is 3. The van der Waals surface area contributed by atoms with Gasteiger partial charge in [-0.3, -0.25) is 54.4 Å². The van der Waals surface area contributed by atoms with E-state index in [9.17, 15) is 30.6 Å². The number of rotatable bonds is 13. The summed E-state index contributed by atoms with van der Waals surface area (Å²) in [7, 11) is 0. The summed E-state index contributed by atoms with van der Waals surface area (Å²) in [5.74, 6) is 35.0. The fourth-order valence-electron chi connectivity index (χ4n) is 23.3. The number of fused-ring (bicyclic) bond motifs is 18. The summed E-state index contributed by atoms with van der Waals surface area (Å²) in [4.78, 5) is 44.9. The minimum Gasteiger partial charge on any atom is -0.396 e. The van der Waals surface area contributed by atoms with E-state index in [0.29, 0.717) is 56.9 Å². The van der Waals surface area contributed by atoms with Crippen molar-refractivity contribution in [3.05, 3.63) is 353 Å². The standard InChI is InChI=1S/C29H26N4O.C26H26N2O.C25H29NO2S.C24H23N3OS.C20H21NOS/c34-29(20-33-14-9-25(29)10-15-33)11-8-24-17-22-6-7-23(28-19-30-12-13-31-28)18-27(22)32-26(24)16-21-4-2-1-3-5-21;1-19-7-8-21-17-22(9-12-26(29)18-28-13-10-23(26)11-14-28)25(27-24(21)15-19)16-20-5-3-2-4-6-20;27-16-19-6-7-21-22(14-18-4-2-1-3-5-18)23(29-24(21)15-19)8-11-25(28)17-26-12-9-20(25)10-13-26;28-24(17-27-12-7-20(24)8-13-27)9-6-22-19(14-18-4-2-1-3-5-18)15-23(29-22)21-16-25-10-11-26-21;22-20(15-21-11-7-18(20)8-12-21)10-6-17-9-13-23-19(17)14-16-4-2-1-3-5-16/h1-7,12-13,17-19,25,34H,9-10,14-16,20H2;2-8,15,17,23,29H,10-11,13-14,16,18H2,1H3;1-5,19-20,27-28H,6-7,9-10,12-17H2;1-5,10-11,15-16,20,28H,7-8,12-14,17H2;1-5,9,13,18,22H,7-8,11-12,14-15H2. The molecule has 6 atom stereocenters. The van der Waals surface area contributed by atoms with Crippen molar-refractivity contribution in [2.24, 2.45) is 35.5 Å². The number of hydrogen-bond donors (Lipinski definition) is 6. The molecule has 30 rings (SSSR count). The first-order valence-electron chi connectivity index (χ1n) is 51.7. The Kier molecular flexibility index (Phi) is 30.0. The van der Waals surface area contributed by atoms with Crippen molar-refractivity contribution in [2.75, 3.05) is 105 Å². The van der Waals surface area contributed by atoms with Gasteiger partial charge in [0.1, 0.15) is 28.0 Å². The largest absolute Gasteiger partial charge is 0.396 e. The van der Waals surface area contributed by atoms with E-state index in [2.05, 4.69) is 286 Å². The van der Waals surface area contributed by atoms with E-state index in [1.165, 1.54) is 59.8 Å². The quantitative estimate of drug-likeness (QED) is 0.0592. The number of aliphatic hydroxyl groups excluding tert-OH is 1. The second-order valence-corrected chi connectivity index (χ2v) is 44.7. The highest BCUT2D eigenvalue weighted by Gasteiger charge is 2.49. The highest BCUT2D eigenvalue weighted by molar-refractivity contribution is 7.16. The van der Waals surface area contributed by atoms with Crippen LogP contribution in [0.3, 0.4) is 0 Å². The van der Waals surface area contributed by atoms with Gasteiger partial charge in [0.15, 0.2) is 0 Å². The second kappa shape index (κ2) is 44.1. The third kappa shape index (κ3) is 23.1. The predicted molar refractivity (Wildman–Crippen MR) is 577 cm³/mol. The minimum absolute atomic E-state index is 0.255. The Morgan fingerprint density at radius 3 is 1.19 bits per heavy atom. The Morgan fingerprint density at radius 2 is 0.771 bits per heavy atom. The molecule has 17 nitrogen and oxygen atoms in total. The van der Waals surface area contributed by atoms with Crippen molar-refractivity contribution in [3.63, 3.8) is 0 Å². The molecular formula is C124H125N11O6S3. The SMILES string of the molecule is Cc1ccc2cc(C#CC3(O)CN4CCC3CC4)c(Cc3ccccc3)nc2c1.OC1(C#Cc2cc3ccc(-c4cnccn4)cc3nc2Cc2ccccc2)CN2CCC1CC2.OC1(C#Cc2ccsc2Cc2ccccc2)CN2CCC1CC2.OC1(C#Cc2sc(-c3cnccn3)cc2Cc2ccccc2)CN2CCC1CC2.OCC1CCc2c(sc(C#CC3(O)CN4CCC3CC4)c2Cc2ccccc2)C1. The number of aliphatic hydroxyl groups is 6. The van der Waals surface area contributed by atoms with Gasteiger partial charge in [-0.15, -0.1) is 34.0 Å². The Hall–Kier alpha value is -12.0. The maximum atomic E-state index is 11.3. The van der Waals surface area contributed by atoms with Gasteiger partial charge in [0, 0.05) is 156 Å². The summed E-state index contributed by atoms with van der Waals surface area (Å²) in [6.45, 7) is 16.7. The first-order valence-corrected chi connectivity index (χ1v) is 54.2. The molecule has 15 aliphatic heterocycles. The van der Waals surface area contributed by atoms with Gasteiger partial charge in [0.25, 0.3) is 0 Å². The number of benzene rings is 7. The molecule has 0 saturated carbocycles. The third-order valence-corrected chi connectivity index (χ3v) is 34.9. The van der Waals surface area contributed by atoms with Crippen LogP contribution in [0, 0.1) is 102 Å². The molecule has 22 heterocycles. The average Bonchev–Trinajstić information content (AvgIpc) is 1.50. The molecule has 20 heteroatoms. The maximum Gasteiger partial charge on any atom is 0.141 e. The Balaban J connectivity index is 0.000000107. The summed E-state index contributed by atoms with van der Waals surface area (Å²) >= 11 is 5.19. The molecule has 1 aliphatic carbocycles. The summed E-state index contributed by atoms with van der Waals surface area (Å²) < 4.78 is 0. The van der Waals surface area contributed by atoms with Crippen molar-refractivity contribution >= 4 is 55.8 Å². The van der Waals surface area contributed by atoms with Crippen LogP contribution < -0.4 is 0 Å². The van der Waals surface area contributed by atoms with E-state index in [4.69, 9.17) is 9.97 Å². The van der Waals surface area contributed by atoms with Gasteiger partial charge < -0.3 is 30.6 Å². The first-order chi connectivity index (χ1) is 70.3. The highest BCUT2D eigenvalue weighted by Crippen LogP contribution is 2.44. The molecule has 15 fully saturated rings. The summed E-state index contributed by atoms with van der Waals surface area (Å²) in [5, 5.41) is 69.8. The maximum absolute atomic E-state index is 11.3. The number of aromatic nitrogens is 6. The summed E-state index contributed by atoms with van der Waals surface area (Å²) in [5.41, 5.74) is 16.4. The van der Waals surface area contributed by atoms with Crippen LogP contribution in [0.15, 0.2) is 255 Å². The van der Waals surface area contributed by atoms with Gasteiger partial charge in [-0.05, 0) is 266 Å². The van der Waals surface area contributed by atoms with Crippen molar-refractivity contribution in [2.45, 2.75) is 151 Å². The van der Waals surface area contributed by atoms with Crippen LogP contribution in [-0.4, -0.2) is 218 Å². The lowest BCUT2D eigenvalue weighted by atomic mass is 9.75. The second-order valence-electron chi connectivity index (χ2n) is 41.5. The fourth-order valence-corrected chi connectivity index (χ4v) is 26.5. The van der Waals surface area contributed by atoms with Gasteiger partial charge in [-0.2, -0.15) is 0 Å². The van der Waals surface area contributed by atoms with Gasteiger partial charge in [-0.25, -0.2) is 0 Å². The molecular weight excluding hydrogens is 1840 g/mol. The predicted octanol–water partition coefficient (Wildman–Crippen LogP) is 18.0. The van der Waals surface area contributed by atoms with Crippen LogP contribution >= 0.6 is 34.0 Å². The topological polar surface area (TPSA) is 215 Å². The zero-order valence-electron chi connectivity index (χ0n) is 82.1. The first kappa shape index (κ1) is 98.0.